The third kappa shape index (κ3) is 4.47. The molecule has 1 fully saturated rings. The SMILES string of the molecule is O=C(C1COCCC1S(=O)(=O)c1ccc(OCc2cccnc2)cc1)N(O)O. The summed E-state index contributed by atoms with van der Waals surface area (Å²) in [5.41, 5.74) is 0.875. The van der Waals surface area contributed by atoms with Crippen molar-refractivity contribution in [2.24, 2.45) is 5.92 Å². The van der Waals surface area contributed by atoms with Gasteiger partial charge < -0.3 is 9.47 Å². The summed E-state index contributed by atoms with van der Waals surface area (Å²) in [6, 6.07) is 9.52. The number of carbonyl (C=O) groups excluding carboxylic acids is 1. The number of sulfone groups is 1. The van der Waals surface area contributed by atoms with E-state index in [-0.39, 0.29) is 24.5 Å². The summed E-state index contributed by atoms with van der Waals surface area (Å²) in [5.74, 6) is -1.83. The topological polar surface area (TPSA) is 126 Å². The number of hydroxylamine groups is 2. The van der Waals surface area contributed by atoms with Crippen molar-refractivity contribution in [2.75, 3.05) is 13.2 Å². The van der Waals surface area contributed by atoms with Crippen LogP contribution in [-0.4, -0.2) is 53.4 Å². The molecule has 2 aromatic rings. The molecule has 0 radical (unpaired) electrons. The molecule has 1 amide bonds. The average molecular weight is 408 g/mol. The van der Waals surface area contributed by atoms with Gasteiger partial charge in [-0.25, -0.2) is 8.42 Å². The van der Waals surface area contributed by atoms with Crippen molar-refractivity contribution >= 4 is 15.7 Å². The lowest BCUT2D eigenvalue weighted by atomic mass is 10.0. The Morgan fingerprint density at radius 3 is 2.64 bits per heavy atom. The fourth-order valence-electron chi connectivity index (χ4n) is 3.02. The number of aromatic nitrogens is 1. The van der Waals surface area contributed by atoms with Crippen LogP contribution in [0.3, 0.4) is 0 Å². The summed E-state index contributed by atoms with van der Waals surface area (Å²) in [7, 11) is -3.89. The lowest BCUT2D eigenvalue weighted by Gasteiger charge is -2.30. The van der Waals surface area contributed by atoms with E-state index >= 15 is 0 Å². The minimum absolute atomic E-state index is 0.0216. The molecule has 2 heterocycles. The minimum atomic E-state index is -3.89. The zero-order chi connectivity index (χ0) is 20.1. The van der Waals surface area contributed by atoms with Crippen LogP contribution in [-0.2, 0) is 26.0 Å². The largest absolute Gasteiger partial charge is 0.489 e. The monoisotopic (exact) mass is 408 g/mol. The van der Waals surface area contributed by atoms with Crippen LogP contribution in [0.1, 0.15) is 12.0 Å². The van der Waals surface area contributed by atoms with Gasteiger partial charge in [0.05, 0.1) is 22.7 Å². The molecule has 150 valence electrons. The number of amides is 1. The van der Waals surface area contributed by atoms with Crippen LogP contribution in [0, 0.1) is 5.92 Å². The lowest BCUT2D eigenvalue weighted by Crippen LogP contribution is -2.46. The zero-order valence-electron chi connectivity index (χ0n) is 14.8. The molecule has 28 heavy (non-hydrogen) atoms. The molecule has 1 aromatic carbocycles. The van der Waals surface area contributed by atoms with Gasteiger partial charge in [-0.3, -0.25) is 20.2 Å². The molecule has 0 spiro atoms. The molecule has 0 aliphatic carbocycles. The van der Waals surface area contributed by atoms with Gasteiger partial charge in [-0.05, 0) is 36.8 Å². The van der Waals surface area contributed by atoms with E-state index in [1.54, 1.807) is 18.5 Å². The van der Waals surface area contributed by atoms with Gasteiger partial charge in [0.25, 0.3) is 5.91 Å². The highest BCUT2D eigenvalue weighted by Crippen LogP contribution is 2.29. The van der Waals surface area contributed by atoms with E-state index in [4.69, 9.17) is 19.9 Å². The summed E-state index contributed by atoms with van der Waals surface area (Å²) in [6.45, 7) is 0.253. The molecule has 1 aliphatic rings. The first kappa shape index (κ1) is 20.2. The van der Waals surface area contributed by atoms with Crippen molar-refractivity contribution < 1.29 is 33.1 Å². The molecule has 0 saturated carbocycles. The first-order valence-electron chi connectivity index (χ1n) is 8.54. The normalized spacial score (nSPS) is 19.8. The van der Waals surface area contributed by atoms with E-state index in [0.29, 0.717) is 12.4 Å². The first-order valence-corrected chi connectivity index (χ1v) is 10.1. The van der Waals surface area contributed by atoms with Crippen LogP contribution >= 0.6 is 0 Å². The fraction of sp³-hybridized carbons (Fsp3) is 0.333. The van der Waals surface area contributed by atoms with Crippen molar-refractivity contribution in [3.8, 4) is 5.75 Å². The van der Waals surface area contributed by atoms with Crippen molar-refractivity contribution in [3.63, 3.8) is 0 Å². The number of hydrogen-bond donors (Lipinski definition) is 2. The summed E-state index contributed by atoms with van der Waals surface area (Å²) in [5, 5.41) is 16.3. The van der Waals surface area contributed by atoms with Crippen LogP contribution in [0.4, 0.5) is 0 Å². The van der Waals surface area contributed by atoms with Crippen molar-refractivity contribution in [1.29, 1.82) is 0 Å². The standard InChI is InChI=1S/C18H20N2O7S/c21-18(20(22)23)16-12-26-9-7-17(16)28(24,25)15-5-3-14(4-6-15)27-11-13-2-1-8-19-10-13/h1-6,8,10,16-17,22-23H,7,9,11-12H2. The highest BCUT2D eigenvalue weighted by molar-refractivity contribution is 7.92. The molecule has 2 unspecified atom stereocenters. The first-order chi connectivity index (χ1) is 13.4. The number of pyridine rings is 1. The van der Waals surface area contributed by atoms with Gasteiger partial charge in [0.15, 0.2) is 9.84 Å². The maximum Gasteiger partial charge on any atom is 0.279 e. The Morgan fingerprint density at radius 1 is 1.25 bits per heavy atom. The van der Waals surface area contributed by atoms with Gasteiger partial charge >= 0.3 is 0 Å². The third-order valence-electron chi connectivity index (χ3n) is 4.49. The molecule has 9 nitrogen and oxygen atoms in total. The molecule has 3 rings (SSSR count). The predicted octanol–water partition coefficient (Wildman–Crippen LogP) is 1.45. The Kier molecular flexibility index (Phi) is 6.25. The van der Waals surface area contributed by atoms with Crippen LogP contribution in [0.2, 0.25) is 0 Å². The third-order valence-corrected chi connectivity index (χ3v) is 6.78. The van der Waals surface area contributed by atoms with Crippen LogP contribution in [0.25, 0.3) is 0 Å². The van der Waals surface area contributed by atoms with Crippen LogP contribution in [0.5, 0.6) is 5.75 Å². The molecular weight excluding hydrogens is 388 g/mol. The van der Waals surface area contributed by atoms with Gasteiger partial charge in [0.2, 0.25) is 0 Å². The predicted molar refractivity (Wildman–Crippen MR) is 95.3 cm³/mol. The van der Waals surface area contributed by atoms with Crippen molar-refractivity contribution in [3.05, 3.63) is 54.4 Å². The van der Waals surface area contributed by atoms with Crippen molar-refractivity contribution in [1.82, 2.24) is 10.2 Å². The van der Waals surface area contributed by atoms with Crippen LogP contribution < -0.4 is 4.74 Å². The van der Waals surface area contributed by atoms with Gasteiger partial charge in [-0.1, -0.05) is 11.3 Å². The number of ether oxygens (including phenoxy) is 2. The summed E-state index contributed by atoms with van der Waals surface area (Å²) < 4.78 is 36.7. The second-order valence-corrected chi connectivity index (χ2v) is 8.47. The minimum Gasteiger partial charge on any atom is -0.489 e. The number of hydrogen-bond acceptors (Lipinski definition) is 8. The van der Waals surface area contributed by atoms with Gasteiger partial charge in [-0.2, -0.15) is 0 Å². The summed E-state index contributed by atoms with van der Waals surface area (Å²) in [6.07, 6.45) is 3.41. The number of benzene rings is 1. The number of nitrogens with zero attached hydrogens (tertiary/aromatic N) is 2. The quantitative estimate of drug-likeness (QED) is 0.543. The Bertz CT molecular complexity index is 901. The smallest absolute Gasteiger partial charge is 0.279 e. The van der Waals surface area contributed by atoms with E-state index in [1.165, 1.54) is 24.3 Å². The molecule has 0 bridgehead atoms. The number of rotatable bonds is 6. The Balaban J connectivity index is 1.74. The average Bonchev–Trinajstić information content (AvgIpc) is 2.72. The summed E-state index contributed by atoms with van der Waals surface area (Å²) >= 11 is 0. The highest BCUT2D eigenvalue weighted by atomic mass is 32.2. The van der Waals surface area contributed by atoms with E-state index in [1.807, 2.05) is 6.07 Å². The van der Waals surface area contributed by atoms with E-state index in [2.05, 4.69) is 4.98 Å². The summed E-state index contributed by atoms with van der Waals surface area (Å²) in [4.78, 5) is 15.9. The number of carbonyl (C=O) groups is 1. The maximum absolute atomic E-state index is 13.0. The van der Waals surface area contributed by atoms with E-state index in [9.17, 15) is 13.2 Å². The Morgan fingerprint density at radius 2 is 2.00 bits per heavy atom. The zero-order valence-corrected chi connectivity index (χ0v) is 15.7. The fourth-order valence-corrected chi connectivity index (χ4v) is 4.92. The second kappa shape index (κ2) is 8.65. The van der Waals surface area contributed by atoms with Crippen molar-refractivity contribution in [2.45, 2.75) is 23.2 Å². The Hall–Kier alpha value is -2.53. The molecular formula is C18H20N2O7S. The van der Waals surface area contributed by atoms with Gasteiger partial charge in [0.1, 0.15) is 12.4 Å². The lowest BCUT2D eigenvalue weighted by molar-refractivity contribution is -0.289. The van der Waals surface area contributed by atoms with E-state index < -0.39 is 32.1 Å². The van der Waals surface area contributed by atoms with Gasteiger partial charge in [-0.15, -0.1) is 0 Å². The molecule has 2 atom stereocenters. The van der Waals surface area contributed by atoms with Gasteiger partial charge in [0, 0.05) is 24.6 Å². The Labute approximate surface area is 162 Å². The molecule has 1 saturated heterocycles. The molecule has 2 N–H and O–H groups in total. The second-order valence-electron chi connectivity index (χ2n) is 6.30. The molecule has 1 aromatic heterocycles. The molecule has 1 aliphatic heterocycles. The van der Waals surface area contributed by atoms with Crippen LogP contribution in [0.15, 0.2) is 53.7 Å². The maximum atomic E-state index is 13.0. The highest BCUT2D eigenvalue weighted by Gasteiger charge is 2.42. The molecule has 10 heteroatoms. The van der Waals surface area contributed by atoms with E-state index in [0.717, 1.165) is 5.56 Å².